The summed E-state index contributed by atoms with van der Waals surface area (Å²) in [7, 11) is 2.15. The molecule has 2 aliphatic heterocycles. The SMILES string of the molecule is CN1CCC2(CC1)CC(NC(=O)c1ccncc1)c1ccccc1O2.O=C(O)C(F)(F)F.O=C(O)C(F)(F)F. The number of likely N-dealkylation sites (tertiary alicyclic amines) is 1. The number of nitrogens with one attached hydrogen (secondary N) is 1. The first-order valence-electron chi connectivity index (χ1n) is 11.3. The van der Waals surface area contributed by atoms with Crippen molar-refractivity contribution in [3.05, 3.63) is 59.9 Å². The maximum Gasteiger partial charge on any atom is 0.490 e. The minimum absolute atomic E-state index is 0.0333. The second-order valence-corrected chi connectivity index (χ2v) is 8.70. The van der Waals surface area contributed by atoms with Crippen LogP contribution in [0.15, 0.2) is 48.8 Å². The maximum absolute atomic E-state index is 12.7. The van der Waals surface area contributed by atoms with E-state index in [1.54, 1.807) is 24.5 Å². The lowest BCUT2D eigenvalue weighted by Crippen LogP contribution is -2.51. The number of aromatic nitrogens is 1. The number of ether oxygens (including phenoxy) is 1. The number of rotatable bonds is 2. The Hall–Kier alpha value is -3.88. The van der Waals surface area contributed by atoms with Gasteiger partial charge in [0.25, 0.3) is 5.91 Å². The molecule has 9 nitrogen and oxygen atoms in total. The van der Waals surface area contributed by atoms with E-state index in [1.807, 2.05) is 18.2 Å². The molecule has 1 spiro atoms. The van der Waals surface area contributed by atoms with Gasteiger partial charge in [-0.15, -0.1) is 0 Å². The van der Waals surface area contributed by atoms with Crippen LogP contribution in [0.3, 0.4) is 0 Å². The van der Waals surface area contributed by atoms with E-state index in [1.165, 1.54) is 0 Å². The first kappa shape index (κ1) is 31.3. The second kappa shape index (κ2) is 12.8. The van der Waals surface area contributed by atoms with Gasteiger partial charge in [-0.05, 0) is 38.1 Å². The molecule has 1 aromatic carbocycles. The first-order valence-corrected chi connectivity index (χ1v) is 11.3. The number of para-hydroxylation sites is 1. The van der Waals surface area contributed by atoms with Crippen molar-refractivity contribution >= 4 is 17.8 Å². The van der Waals surface area contributed by atoms with Gasteiger partial charge in [0.1, 0.15) is 11.4 Å². The van der Waals surface area contributed by atoms with Gasteiger partial charge in [-0.2, -0.15) is 26.3 Å². The number of aliphatic carboxylic acids is 2. The number of carboxylic acids is 2. The summed E-state index contributed by atoms with van der Waals surface area (Å²) < 4.78 is 69.9. The van der Waals surface area contributed by atoms with Crippen LogP contribution in [0.4, 0.5) is 26.3 Å². The average molecular weight is 565 g/mol. The molecule has 3 heterocycles. The summed E-state index contributed by atoms with van der Waals surface area (Å²) in [6, 6.07) is 11.5. The van der Waals surface area contributed by atoms with Crippen molar-refractivity contribution in [1.82, 2.24) is 15.2 Å². The number of benzene rings is 1. The fraction of sp³-hybridized carbons (Fsp3) is 0.417. The topological polar surface area (TPSA) is 129 Å². The zero-order valence-corrected chi connectivity index (χ0v) is 20.4. The van der Waals surface area contributed by atoms with Crippen LogP contribution in [0.1, 0.15) is 41.2 Å². The highest BCUT2D eigenvalue weighted by Gasteiger charge is 2.43. The predicted octanol–water partition coefficient (Wildman–Crippen LogP) is 4.07. The quantitative estimate of drug-likeness (QED) is 0.465. The maximum atomic E-state index is 12.7. The number of carboxylic acid groups (broad SMARTS) is 2. The fourth-order valence-corrected chi connectivity index (χ4v) is 3.82. The van der Waals surface area contributed by atoms with Crippen LogP contribution in [0.5, 0.6) is 5.75 Å². The molecule has 0 aliphatic carbocycles. The zero-order valence-electron chi connectivity index (χ0n) is 20.4. The average Bonchev–Trinajstić information content (AvgIpc) is 2.86. The van der Waals surface area contributed by atoms with E-state index >= 15 is 0 Å². The molecule has 2 aliphatic rings. The Morgan fingerprint density at radius 3 is 1.92 bits per heavy atom. The summed E-state index contributed by atoms with van der Waals surface area (Å²) in [4.78, 5) is 36.8. The van der Waals surface area contributed by atoms with Crippen molar-refractivity contribution in [2.45, 2.75) is 43.3 Å². The number of nitrogens with zero attached hydrogens (tertiary/aromatic N) is 2. The molecule has 0 radical (unpaired) electrons. The smallest absolute Gasteiger partial charge is 0.487 e. The van der Waals surface area contributed by atoms with E-state index < -0.39 is 24.3 Å². The molecule has 39 heavy (non-hydrogen) atoms. The minimum Gasteiger partial charge on any atom is -0.487 e. The van der Waals surface area contributed by atoms with E-state index in [4.69, 9.17) is 24.5 Å². The van der Waals surface area contributed by atoms with Gasteiger partial charge in [-0.3, -0.25) is 9.78 Å². The van der Waals surface area contributed by atoms with Crippen LogP contribution in [0.25, 0.3) is 0 Å². The number of piperidine rings is 1. The summed E-state index contributed by atoms with van der Waals surface area (Å²) in [5, 5.41) is 17.5. The molecule has 1 amide bonds. The monoisotopic (exact) mass is 565 g/mol. The molecule has 2 aromatic rings. The molecule has 1 fully saturated rings. The molecule has 1 atom stereocenters. The van der Waals surface area contributed by atoms with Gasteiger partial charge in [-0.1, -0.05) is 18.2 Å². The highest BCUT2D eigenvalue weighted by atomic mass is 19.4. The molecular formula is C24H25F6N3O6. The fourth-order valence-electron chi connectivity index (χ4n) is 3.82. The molecule has 0 saturated carbocycles. The van der Waals surface area contributed by atoms with Crippen molar-refractivity contribution in [3.63, 3.8) is 0 Å². The van der Waals surface area contributed by atoms with Crippen LogP contribution in [-0.4, -0.2) is 76.0 Å². The molecule has 15 heteroatoms. The van der Waals surface area contributed by atoms with E-state index in [-0.39, 0.29) is 17.6 Å². The van der Waals surface area contributed by atoms with Crippen LogP contribution < -0.4 is 10.1 Å². The number of halogens is 6. The van der Waals surface area contributed by atoms with Gasteiger partial charge in [0.05, 0.1) is 6.04 Å². The van der Waals surface area contributed by atoms with Gasteiger partial charge >= 0.3 is 24.3 Å². The van der Waals surface area contributed by atoms with Crippen LogP contribution in [0, 0.1) is 0 Å². The number of hydrogen-bond acceptors (Lipinski definition) is 6. The lowest BCUT2D eigenvalue weighted by molar-refractivity contribution is -0.193. The Kier molecular flexibility index (Phi) is 10.3. The number of pyridine rings is 1. The Balaban J connectivity index is 0.000000317. The molecule has 1 saturated heterocycles. The third kappa shape index (κ3) is 9.42. The minimum atomic E-state index is -5.08. The Labute approximate surface area is 218 Å². The molecule has 0 bridgehead atoms. The number of hydrogen-bond donors (Lipinski definition) is 3. The van der Waals surface area contributed by atoms with E-state index in [0.29, 0.717) is 5.56 Å². The van der Waals surface area contributed by atoms with Crippen LogP contribution in [-0.2, 0) is 9.59 Å². The number of carbonyl (C=O) groups is 3. The number of amides is 1. The van der Waals surface area contributed by atoms with Gasteiger partial charge in [0.2, 0.25) is 0 Å². The van der Waals surface area contributed by atoms with E-state index in [2.05, 4.69) is 28.3 Å². The highest BCUT2D eigenvalue weighted by molar-refractivity contribution is 5.94. The molecule has 214 valence electrons. The molecule has 1 aromatic heterocycles. The molecule has 1 unspecified atom stereocenters. The summed E-state index contributed by atoms with van der Waals surface area (Å²) in [6.45, 7) is 2.04. The van der Waals surface area contributed by atoms with Crippen molar-refractivity contribution in [1.29, 1.82) is 0 Å². The lowest BCUT2D eigenvalue weighted by Gasteiger charge is -2.46. The summed E-state index contributed by atoms with van der Waals surface area (Å²) >= 11 is 0. The van der Waals surface area contributed by atoms with Crippen molar-refractivity contribution in [3.8, 4) is 5.75 Å². The van der Waals surface area contributed by atoms with Gasteiger partial charge in [0.15, 0.2) is 0 Å². The van der Waals surface area contributed by atoms with Gasteiger partial charge < -0.3 is 25.2 Å². The molecule has 3 N–H and O–H groups in total. The van der Waals surface area contributed by atoms with Crippen molar-refractivity contribution in [2.24, 2.45) is 0 Å². The number of alkyl halides is 6. The lowest BCUT2D eigenvalue weighted by atomic mass is 9.80. The number of fused-ring (bicyclic) bond motifs is 1. The van der Waals surface area contributed by atoms with E-state index in [0.717, 1.165) is 43.7 Å². The van der Waals surface area contributed by atoms with Crippen molar-refractivity contribution in [2.75, 3.05) is 20.1 Å². The van der Waals surface area contributed by atoms with Gasteiger partial charge in [0, 0.05) is 43.0 Å². The van der Waals surface area contributed by atoms with E-state index in [9.17, 15) is 31.1 Å². The highest BCUT2D eigenvalue weighted by Crippen LogP contribution is 2.44. The summed E-state index contributed by atoms with van der Waals surface area (Å²) in [5.74, 6) is -4.68. The zero-order chi connectivity index (χ0) is 29.4. The number of carbonyl (C=O) groups excluding carboxylic acids is 1. The molecular weight excluding hydrogens is 540 g/mol. The third-order valence-electron chi connectivity index (χ3n) is 5.83. The summed E-state index contributed by atoms with van der Waals surface area (Å²) in [6.07, 6.45) is -4.09. The molecule has 4 rings (SSSR count). The van der Waals surface area contributed by atoms with Crippen LogP contribution in [0.2, 0.25) is 0 Å². The Bertz CT molecular complexity index is 1110. The third-order valence-corrected chi connectivity index (χ3v) is 5.83. The Morgan fingerprint density at radius 2 is 1.44 bits per heavy atom. The first-order chi connectivity index (χ1) is 18.0. The normalized spacial score (nSPS) is 18.2. The largest absolute Gasteiger partial charge is 0.490 e. The summed E-state index contributed by atoms with van der Waals surface area (Å²) in [5.41, 5.74) is 1.52. The van der Waals surface area contributed by atoms with Crippen LogP contribution >= 0.6 is 0 Å². The Morgan fingerprint density at radius 1 is 0.949 bits per heavy atom. The second-order valence-electron chi connectivity index (χ2n) is 8.70. The standard InChI is InChI=1S/C20H23N3O2.2C2HF3O2/c1-23-12-8-20(9-13-23)14-17(16-4-2-3-5-18(16)25-20)22-19(24)15-6-10-21-11-7-15;2*3-2(4,5)1(6)7/h2-7,10-11,17H,8-9,12-14H2,1H3,(H,22,24);2*(H,6,7). The predicted molar refractivity (Wildman–Crippen MR) is 123 cm³/mol. The van der Waals surface area contributed by atoms with Gasteiger partial charge in [-0.25, -0.2) is 9.59 Å². The van der Waals surface area contributed by atoms with Crippen molar-refractivity contribution < 1.29 is 55.7 Å².